The number of aromatic amines is 1. The lowest BCUT2D eigenvalue weighted by molar-refractivity contribution is 0.620. The summed E-state index contributed by atoms with van der Waals surface area (Å²) in [6.07, 6.45) is 5.25. The molecule has 7 nitrogen and oxygen atoms in total. The van der Waals surface area contributed by atoms with Crippen LogP contribution in [-0.2, 0) is 0 Å². The number of H-pyrrole nitrogens is 1. The van der Waals surface area contributed by atoms with E-state index < -0.39 is 5.82 Å². The first-order valence-electron chi connectivity index (χ1n) is 9.66. The van der Waals surface area contributed by atoms with Gasteiger partial charge in [-0.2, -0.15) is 10.4 Å². The van der Waals surface area contributed by atoms with Crippen molar-refractivity contribution in [3.8, 4) is 17.2 Å². The monoisotopic (exact) mass is 435 g/mol. The van der Waals surface area contributed by atoms with Crippen LogP contribution in [0.3, 0.4) is 0 Å². The average molecular weight is 436 g/mol. The van der Waals surface area contributed by atoms with Gasteiger partial charge in [-0.15, -0.1) is 12.4 Å². The van der Waals surface area contributed by atoms with Crippen molar-refractivity contribution in [2.24, 2.45) is 0 Å². The molecule has 1 saturated heterocycles. The molecule has 0 aliphatic carbocycles. The molecule has 1 aliphatic heterocycles. The van der Waals surface area contributed by atoms with E-state index in [1.807, 2.05) is 24.4 Å². The second kappa shape index (κ2) is 8.58. The number of piperazine rings is 1. The zero-order valence-electron chi connectivity index (χ0n) is 16.5. The van der Waals surface area contributed by atoms with Gasteiger partial charge in [0, 0.05) is 49.0 Å². The molecule has 2 aromatic heterocycles. The highest BCUT2D eigenvalue weighted by atomic mass is 35.5. The Morgan fingerprint density at radius 2 is 1.77 bits per heavy atom. The molecule has 9 heteroatoms. The van der Waals surface area contributed by atoms with E-state index in [-0.39, 0.29) is 18.0 Å². The fourth-order valence-electron chi connectivity index (χ4n) is 3.86. The van der Waals surface area contributed by atoms with Gasteiger partial charge in [-0.3, -0.25) is 5.10 Å². The molecular weight excluding hydrogens is 417 g/mol. The molecule has 31 heavy (non-hydrogen) atoms. The summed E-state index contributed by atoms with van der Waals surface area (Å²) in [6, 6.07) is 12.7. The molecule has 0 saturated carbocycles. The Morgan fingerprint density at radius 1 is 0.968 bits per heavy atom. The number of hydrogen-bond donors (Lipinski definition) is 1. The van der Waals surface area contributed by atoms with Crippen molar-refractivity contribution in [2.45, 2.75) is 0 Å². The molecule has 0 spiro atoms. The third-order valence-corrected chi connectivity index (χ3v) is 5.46. The molecule has 1 N–H and O–H groups in total. The van der Waals surface area contributed by atoms with E-state index in [4.69, 9.17) is 5.26 Å². The summed E-state index contributed by atoms with van der Waals surface area (Å²) in [5, 5.41) is 17.0. The van der Waals surface area contributed by atoms with Crippen molar-refractivity contribution < 1.29 is 4.39 Å². The molecule has 1 fully saturated rings. The van der Waals surface area contributed by atoms with Crippen molar-refractivity contribution in [1.82, 2.24) is 20.2 Å². The summed E-state index contributed by atoms with van der Waals surface area (Å²) in [5.41, 5.74) is 3.90. The van der Waals surface area contributed by atoms with Gasteiger partial charge in [0.15, 0.2) is 0 Å². The topological polar surface area (TPSA) is 84.7 Å². The third kappa shape index (κ3) is 3.88. The molecule has 1 aliphatic rings. The summed E-state index contributed by atoms with van der Waals surface area (Å²) in [6.45, 7) is 3.04. The van der Waals surface area contributed by atoms with Gasteiger partial charge < -0.3 is 9.80 Å². The Balaban J connectivity index is 0.00000231. The maximum atomic E-state index is 13.6. The van der Waals surface area contributed by atoms with Crippen LogP contribution in [0.4, 0.5) is 15.9 Å². The predicted molar refractivity (Wildman–Crippen MR) is 120 cm³/mol. The lowest BCUT2D eigenvalue weighted by atomic mass is 10.1. The highest BCUT2D eigenvalue weighted by Gasteiger charge is 2.21. The fraction of sp³-hybridized carbons (Fsp3) is 0.182. The zero-order valence-corrected chi connectivity index (χ0v) is 17.3. The number of nitrogens with one attached hydrogen (secondary N) is 1. The van der Waals surface area contributed by atoms with Gasteiger partial charge in [0.25, 0.3) is 0 Å². The summed E-state index contributed by atoms with van der Waals surface area (Å²) in [5.74, 6) is 0.419. The minimum absolute atomic E-state index is 0. The Hall–Kier alpha value is -3.70. The second-order valence-electron chi connectivity index (χ2n) is 7.17. The molecular formula is C22H19ClFN7. The summed E-state index contributed by atoms with van der Waals surface area (Å²) in [7, 11) is 0. The predicted octanol–water partition coefficient (Wildman–Crippen LogP) is 3.78. The summed E-state index contributed by atoms with van der Waals surface area (Å²) in [4.78, 5) is 13.4. The SMILES string of the molecule is Cl.N#Cc1cc(N2CCN(c3ncnc4ccc(-c5cn[nH]c5)cc34)CC2)ccc1F. The fourth-order valence-corrected chi connectivity index (χ4v) is 3.86. The highest BCUT2D eigenvalue weighted by Crippen LogP contribution is 2.29. The van der Waals surface area contributed by atoms with Gasteiger partial charge in [0.05, 0.1) is 17.3 Å². The largest absolute Gasteiger partial charge is 0.368 e. The summed E-state index contributed by atoms with van der Waals surface area (Å²) >= 11 is 0. The van der Waals surface area contributed by atoms with E-state index in [1.54, 1.807) is 24.7 Å². The second-order valence-corrected chi connectivity index (χ2v) is 7.17. The van der Waals surface area contributed by atoms with Crippen LogP contribution in [-0.4, -0.2) is 46.3 Å². The van der Waals surface area contributed by atoms with Crippen molar-refractivity contribution >= 4 is 34.8 Å². The lowest BCUT2D eigenvalue weighted by Gasteiger charge is -2.37. The first-order chi connectivity index (χ1) is 14.7. The van der Waals surface area contributed by atoms with E-state index >= 15 is 0 Å². The van der Waals surface area contributed by atoms with Crippen molar-refractivity contribution in [1.29, 1.82) is 5.26 Å². The molecule has 2 aromatic carbocycles. The van der Waals surface area contributed by atoms with E-state index in [0.717, 1.165) is 59.7 Å². The first-order valence-corrected chi connectivity index (χ1v) is 9.66. The number of halogens is 2. The van der Waals surface area contributed by atoms with Crippen molar-refractivity contribution in [3.63, 3.8) is 0 Å². The number of aromatic nitrogens is 4. The number of benzene rings is 2. The number of fused-ring (bicyclic) bond motifs is 1. The van der Waals surface area contributed by atoms with Crippen LogP contribution < -0.4 is 9.80 Å². The Morgan fingerprint density at radius 3 is 2.52 bits per heavy atom. The summed E-state index contributed by atoms with van der Waals surface area (Å²) < 4.78 is 13.6. The Bertz CT molecular complexity index is 1240. The average Bonchev–Trinajstić information content (AvgIpc) is 3.34. The third-order valence-electron chi connectivity index (χ3n) is 5.46. The van der Waals surface area contributed by atoms with Crippen LogP contribution in [0.25, 0.3) is 22.0 Å². The molecule has 156 valence electrons. The molecule has 0 unspecified atom stereocenters. The van der Waals surface area contributed by atoms with E-state index in [1.165, 1.54) is 6.07 Å². The van der Waals surface area contributed by atoms with Crippen LogP contribution in [0, 0.1) is 17.1 Å². The van der Waals surface area contributed by atoms with Crippen LogP contribution in [0.2, 0.25) is 0 Å². The molecule has 4 aromatic rings. The molecule has 5 rings (SSSR count). The molecule has 0 bridgehead atoms. The number of rotatable bonds is 3. The van der Waals surface area contributed by atoms with Crippen LogP contribution in [0.15, 0.2) is 55.1 Å². The standard InChI is InChI=1S/C22H18FN7.ClH/c23-20-3-2-18(9-16(20)11-24)29-5-7-30(8-6-29)22-19-10-15(17-12-27-28-13-17)1-4-21(19)25-14-26-22;/h1-4,9-10,12-14H,5-8H2,(H,27,28);1H. The minimum Gasteiger partial charge on any atom is -0.368 e. The smallest absolute Gasteiger partial charge is 0.141 e. The number of nitrogens with zero attached hydrogens (tertiary/aromatic N) is 6. The molecule has 0 radical (unpaired) electrons. The van der Waals surface area contributed by atoms with E-state index in [0.29, 0.717) is 0 Å². The highest BCUT2D eigenvalue weighted by molar-refractivity contribution is 5.92. The maximum absolute atomic E-state index is 13.6. The van der Waals surface area contributed by atoms with E-state index in [2.05, 4.69) is 36.0 Å². The van der Waals surface area contributed by atoms with Crippen molar-refractivity contribution in [2.75, 3.05) is 36.0 Å². The lowest BCUT2D eigenvalue weighted by Crippen LogP contribution is -2.47. The van der Waals surface area contributed by atoms with Crippen LogP contribution in [0.5, 0.6) is 0 Å². The normalized spacial score (nSPS) is 13.7. The van der Waals surface area contributed by atoms with Gasteiger partial charge >= 0.3 is 0 Å². The van der Waals surface area contributed by atoms with Gasteiger partial charge in [-0.25, -0.2) is 14.4 Å². The molecule has 0 amide bonds. The molecule has 0 atom stereocenters. The maximum Gasteiger partial charge on any atom is 0.141 e. The van der Waals surface area contributed by atoms with Crippen molar-refractivity contribution in [3.05, 3.63) is 66.5 Å². The molecule has 3 heterocycles. The van der Waals surface area contributed by atoms with Gasteiger partial charge in [-0.05, 0) is 35.9 Å². The number of anilines is 2. The Kier molecular flexibility index (Phi) is 5.69. The first kappa shape index (κ1) is 20.6. The number of hydrogen-bond acceptors (Lipinski definition) is 6. The van der Waals surface area contributed by atoms with Gasteiger partial charge in [-0.1, -0.05) is 6.07 Å². The van der Waals surface area contributed by atoms with E-state index in [9.17, 15) is 4.39 Å². The zero-order chi connectivity index (χ0) is 20.5. The quantitative estimate of drug-likeness (QED) is 0.527. The van der Waals surface area contributed by atoms with Crippen LogP contribution >= 0.6 is 12.4 Å². The minimum atomic E-state index is -0.485. The van der Waals surface area contributed by atoms with Gasteiger partial charge in [0.2, 0.25) is 0 Å². The Labute approximate surface area is 184 Å². The van der Waals surface area contributed by atoms with Crippen LogP contribution in [0.1, 0.15) is 5.56 Å². The van der Waals surface area contributed by atoms with Gasteiger partial charge in [0.1, 0.15) is 24.0 Å². The number of nitriles is 1.